The number of carbonyl (C=O) groups excluding carboxylic acids is 1. The third-order valence-electron chi connectivity index (χ3n) is 5.03. The van der Waals surface area contributed by atoms with Gasteiger partial charge in [-0.15, -0.1) is 0 Å². The maximum absolute atomic E-state index is 12.9. The van der Waals surface area contributed by atoms with Crippen LogP contribution in [0.5, 0.6) is 0 Å². The van der Waals surface area contributed by atoms with Crippen LogP contribution in [0.25, 0.3) is 11.1 Å². The molecule has 0 radical (unpaired) electrons. The van der Waals surface area contributed by atoms with E-state index in [-0.39, 0.29) is 11.8 Å². The van der Waals surface area contributed by atoms with Crippen molar-refractivity contribution in [2.45, 2.75) is 18.8 Å². The molecular formula is C21H19Cl2N3O. The van der Waals surface area contributed by atoms with Gasteiger partial charge in [-0.2, -0.15) is 5.10 Å². The van der Waals surface area contributed by atoms with Crippen LogP contribution in [-0.4, -0.2) is 34.1 Å². The van der Waals surface area contributed by atoms with Gasteiger partial charge in [0.2, 0.25) is 0 Å². The molecule has 0 saturated carbocycles. The van der Waals surface area contributed by atoms with Crippen molar-refractivity contribution in [1.29, 1.82) is 0 Å². The highest BCUT2D eigenvalue weighted by molar-refractivity contribution is 6.30. The smallest absolute Gasteiger partial charge is 0.253 e. The van der Waals surface area contributed by atoms with Crippen LogP contribution in [0, 0.1) is 0 Å². The van der Waals surface area contributed by atoms with E-state index in [1.54, 1.807) is 24.3 Å². The van der Waals surface area contributed by atoms with E-state index in [1.807, 2.05) is 35.4 Å². The fourth-order valence-corrected chi connectivity index (χ4v) is 3.89. The molecule has 2 aromatic carbocycles. The van der Waals surface area contributed by atoms with E-state index in [0.717, 1.165) is 36.2 Å². The van der Waals surface area contributed by atoms with Crippen molar-refractivity contribution < 1.29 is 4.79 Å². The second-order valence-corrected chi connectivity index (χ2v) is 7.67. The fraction of sp³-hybridized carbons (Fsp3) is 0.238. The SMILES string of the molecule is O=C(c1ccc(Cl)cc1)N1CCC[C@H](c2[nH]ncc2-c2ccc(Cl)cc2)C1. The molecule has 1 aromatic heterocycles. The van der Waals surface area contributed by atoms with Gasteiger partial charge >= 0.3 is 0 Å². The van der Waals surface area contributed by atoms with Crippen molar-refractivity contribution in [1.82, 2.24) is 15.1 Å². The highest BCUT2D eigenvalue weighted by Crippen LogP contribution is 2.33. The Hall–Kier alpha value is -2.30. The number of likely N-dealkylation sites (tertiary alicyclic amines) is 1. The number of nitrogens with zero attached hydrogens (tertiary/aromatic N) is 2. The van der Waals surface area contributed by atoms with Crippen LogP contribution in [0.15, 0.2) is 54.7 Å². The molecule has 1 fully saturated rings. The van der Waals surface area contributed by atoms with Gasteiger partial charge < -0.3 is 4.90 Å². The highest BCUT2D eigenvalue weighted by Gasteiger charge is 2.28. The largest absolute Gasteiger partial charge is 0.338 e. The molecule has 3 aromatic rings. The lowest BCUT2D eigenvalue weighted by Crippen LogP contribution is -2.39. The summed E-state index contributed by atoms with van der Waals surface area (Å²) in [6.45, 7) is 1.44. The summed E-state index contributed by atoms with van der Waals surface area (Å²) < 4.78 is 0. The number of hydrogen-bond acceptors (Lipinski definition) is 2. The molecular weight excluding hydrogens is 381 g/mol. The summed E-state index contributed by atoms with van der Waals surface area (Å²) in [6, 6.07) is 14.8. The molecule has 0 bridgehead atoms. The molecule has 1 N–H and O–H groups in total. The van der Waals surface area contributed by atoms with Crippen molar-refractivity contribution in [3.63, 3.8) is 0 Å². The summed E-state index contributed by atoms with van der Waals surface area (Å²) in [5.74, 6) is 0.270. The standard InChI is InChI=1S/C21H19Cl2N3O/c22-17-7-3-14(4-8-17)19-12-24-25-20(19)16-2-1-11-26(13-16)21(27)15-5-9-18(23)10-6-15/h3-10,12,16H,1-2,11,13H2,(H,24,25)/t16-/m0/s1. The third kappa shape index (κ3) is 3.87. The number of halogens is 2. The molecule has 27 heavy (non-hydrogen) atoms. The van der Waals surface area contributed by atoms with Gasteiger partial charge in [-0.3, -0.25) is 9.89 Å². The third-order valence-corrected chi connectivity index (χ3v) is 5.54. The number of benzene rings is 2. The van der Waals surface area contributed by atoms with E-state index in [0.29, 0.717) is 22.2 Å². The summed E-state index contributed by atoms with van der Waals surface area (Å²) >= 11 is 11.9. The van der Waals surface area contributed by atoms with E-state index < -0.39 is 0 Å². The predicted molar refractivity (Wildman–Crippen MR) is 108 cm³/mol. The number of hydrogen-bond donors (Lipinski definition) is 1. The summed E-state index contributed by atoms with van der Waals surface area (Å²) in [5, 5.41) is 8.76. The summed E-state index contributed by atoms with van der Waals surface area (Å²) in [5.41, 5.74) is 3.88. The number of carbonyl (C=O) groups is 1. The Labute approximate surface area is 168 Å². The van der Waals surface area contributed by atoms with Crippen LogP contribution >= 0.6 is 23.2 Å². The van der Waals surface area contributed by atoms with E-state index in [9.17, 15) is 4.79 Å². The molecule has 0 aliphatic carbocycles. The van der Waals surface area contributed by atoms with Gasteiger partial charge in [0.15, 0.2) is 0 Å². The van der Waals surface area contributed by atoms with Crippen LogP contribution in [0.1, 0.15) is 34.8 Å². The quantitative estimate of drug-likeness (QED) is 0.640. The first-order chi connectivity index (χ1) is 13.1. The molecule has 4 rings (SSSR count). The lowest BCUT2D eigenvalue weighted by molar-refractivity contribution is 0.0706. The van der Waals surface area contributed by atoms with Crippen LogP contribution in [0.2, 0.25) is 10.0 Å². The van der Waals surface area contributed by atoms with Crippen molar-refractivity contribution in [3.05, 3.63) is 76.0 Å². The van der Waals surface area contributed by atoms with Gasteiger partial charge in [-0.25, -0.2) is 0 Å². The van der Waals surface area contributed by atoms with Crippen LogP contribution in [0.3, 0.4) is 0 Å². The minimum Gasteiger partial charge on any atom is -0.338 e. The van der Waals surface area contributed by atoms with E-state index in [1.165, 1.54) is 0 Å². The van der Waals surface area contributed by atoms with Crippen LogP contribution < -0.4 is 0 Å². The van der Waals surface area contributed by atoms with Crippen molar-refractivity contribution in [2.75, 3.05) is 13.1 Å². The number of H-pyrrole nitrogens is 1. The Morgan fingerprint density at radius 2 is 1.70 bits per heavy atom. The minimum absolute atomic E-state index is 0.0453. The van der Waals surface area contributed by atoms with Crippen molar-refractivity contribution >= 4 is 29.1 Å². The zero-order chi connectivity index (χ0) is 18.8. The zero-order valence-electron chi connectivity index (χ0n) is 14.7. The number of aromatic nitrogens is 2. The monoisotopic (exact) mass is 399 g/mol. The summed E-state index contributed by atoms with van der Waals surface area (Å²) in [4.78, 5) is 14.8. The maximum atomic E-state index is 12.9. The number of piperidine rings is 1. The second-order valence-electron chi connectivity index (χ2n) is 6.80. The van der Waals surface area contributed by atoms with Crippen LogP contribution in [-0.2, 0) is 0 Å². The normalized spacial score (nSPS) is 17.1. The van der Waals surface area contributed by atoms with Crippen LogP contribution in [0.4, 0.5) is 0 Å². The summed E-state index contributed by atoms with van der Waals surface area (Å²) in [6.07, 6.45) is 3.83. The first-order valence-corrected chi connectivity index (χ1v) is 9.71. The molecule has 1 amide bonds. The van der Waals surface area contributed by atoms with Crippen molar-refractivity contribution in [3.8, 4) is 11.1 Å². The Balaban J connectivity index is 1.55. The number of nitrogens with one attached hydrogen (secondary N) is 1. The molecule has 1 atom stereocenters. The Morgan fingerprint density at radius 3 is 2.41 bits per heavy atom. The average Bonchev–Trinajstić information content (AvgIpc) is 3.18. The van der Waals surface area contributed by atoms with Gasteiger partial charge in [0.05, 0.1) is 6.20 Å². The molecule has 1 saturated heterocycles. The number of aromatic amines is 1. The highest BCUT2D eigenvalue weighted by atomic mass is 35.5. The molecule has 4 nitrogen and oxygen atoms in total. The second kappa shape index (κ2) is 7.75. The molecule has 0 spiro atoms. The Morgan fingerprint density at radius 1 is 1.04 bits per heavy atom. The Kier molecular flexibility index (Phi) is 5.19. The lowest BCUT2D eigenvalue weighted by atomic mass is 9.90. The van der Waals surface area contributed by atoms with E-state index >= 15 is 0 Å². The molecule has 2 heterocycles. The van der Waals surface area contributed by atoms with Gasteiger partial charge in [-0.05, 0) is 54.8 Å². The molecule has 1 aliphatic rings. The zero-order valence-corrected chi connectivity index (χ0v) is 16.2. The number of amides is 1. The van der Waals surface area contributed by atoms with Gasteiger partial charge in [0.25, 0.3) is 5.91 Å². The average molecular weight is 400 g/mol. The van der Waals surface area contributed by atoms with Gasteiger partial charge in [0, 0.05) is 45.9 Å². The molecule has 1 aliphatic heterocycles. The van der Waals surface area contributed by atoms with E-state index in [4.69, 9.17) is 23.2 Å². The summed E-state index contributed by atoms with van der Waals surface area (Å²) in [7, 11) is 0. The Bertz CT molecular complexity index is 935. The van der Waals surface area contributed by atoms with Gasteiger partial charge in [-0.1, -0.05) is 35.3 Å². The first kappa shape index (κ1) is 18.1. The molecule has 138 valence electrons. The van der Waals surface area contributed by atoms with Crippen molar-refractivity contribution in [2.24, 2.45) is 0 Å². The number of rotatable bonds is 3. The molecule has 0 unspecified atom stereocenters. The lowest BCUT2D eigenvalue weighted by Gasteiger charge is -2.33. The fourth-order valence-electron chi connectivity index (χ4n) is 3.64. The van der Waals surface area contributed by atoms with Gasteiger partial charge in [0.1, 0.15) is 0 Å². The minimum atomic E-state index is 0.0453. The predicted octanol–water partition coefficient (Wildman–Crippen LogP) is 5.40. The topological polar surface area (TPSA) is 49.0 Å². The van der Waals surface area contributed by atoms with E-state index in [2.05, 4.69) is 10.2 Å². The maximum Gasteiger partial charge on any atom is 0.253 e. The molecule has 6 heteroatoms. The first-order valence-electron chi connectivity index (χ1n) is 8.96.